The average Bonchev–Trinajstić information content (AvgIpc) is 3.00. The number of methoxy groups -OCH3 is 1. The summed E-state index contributed by atoms with van der Waals surface area (Å²) in [5.74, 6) is 0.427. The predicted octanol–water partition coefficient (Wildman–Crippen LogP) is 2.73. The first-order valence-corrected chi connectivity index (χ1v) is 10.1. The zero-order chi connectivity index (χ0) is 23.3. The Balaban J connectivity index is 1.61. The van der Waals surface area contributed by atoms with Gasteiger partial charge in [-0.2, -0.15) is 0 Å². The highest BCUT2D eigenvalue weighted by atomic mass is 16.5. The Labute approximate surface area is 187 Å². The van der Waals surface area contributed by atoms with Crippen LogP contribution in [-0.2, 0) is 21.7 Å². The van der Waals surface area contributed by atoms with Gasteiger partial charge in [0.05, 0.1) is 7.11 Å². The lowest BCUT2D eigenvalue weighted by molar-refractivity contribution is -0.134. The summed E-state index contributed by atoms with van der Waals surface area (Å²) in [4.78, 5) is 38.8. The maximum Gasteiger partial charge on any atom is 0.325 e. The number of urea groups is 1. The van der Waals surface area contributed by atoms with Gasteiger partial charge >= 0.3 is 6.03 Å². The van der Waals surface area contributed by atoms with Crippen molar-refractivity contribution in [2.24, 2.45) is 0 Å². The Morgan fingerprint density at radius 1 is 1.09 bits per heavy atom. The molecule has 1 unspecified atom stereocenters. The first-order chi connectivity index (χ1) is 15.2. The minimum Gasteiger partial charge on any atom is -0.497 e. The highest BCUT2D eigenvalue weighted by Gasteiger charge is 2.49. The van der Waals surface area contributed by atoms with Gasteiger partial charge in [-0.1, -0.05) is 30.8 Å². The Hall–Kier alpha value is -3.81. The molecule has 0 bridgehead atoms. The quantitative estimate of drug-likeness (QED) is 0.465. The number of nitrogens with zero attached hydrogens (tertiary/aromatic N) is 1. The smallest absolute Gasteiger partial charge is 0.325 e. The topological polar surface area (TPSA) is 97.0 Å². The molecule has 2 aromatic carbocycles. The second-order valence-corrected chi connectivity index (χ2v) is 7.84. The zero-order valence-corrected chi connectivity index (χ0v) is 18.4. The number of rotatable bonds is 9. The van der Waals surface area contributed by atoms with Gasteiger partial charge in [0.1, 0.15) is 30.2 Å². The minimum atomic E-state index is -1.26. The lowest BCUT2D eigenvalue weighted by atomic mass is 9.92. The third-order valence-corrected chi connectivity index (χ3v) is 5.14. The molecule has 2 aromatic rings. The van der Waals surface area contributed by atoms with Gasteiger partial charge in [0.2, 0.25) is 5.91 Å². The van der Waals surface area contributed by atoms with Crippen LogP contribution in [0, 0.1) is 0 Å². The van der Waals surface area contributed by atoms with Crippen LogP contribution in [0.5, 0.6) is 11.5 Å². The van der Waals surface area contributed by atoms with Gasteiger partial charge in [0.25, 0.3) is 5.91 Å². The molecule has 0 aliphatic carbocycles. The van der Waals surface area contributed by atoms with E-state index in [1.54, 1.807) is 50.4 Å². The molecule has 4 amide bonds. The van der Waals surface area contributed by atoms with Crippen LogP contribution in [0.2, 0.25) is 0 Å². The monoisotopic (exact) mass is 437 g/mol. The molecule has 1 heterocycles. The van der Waals surface area contributed by atoms with E-state index in [0.29, 0.717) is 23.7 Å². The SMILES string of the molecule is C=C(C)COc1ccc(C2(C)NC(=O)N(CC(=O)NCc3ccc(OC)cc3)C2=O)cc1. The molecular formula is C24H27N3O5. The molecule has 1 saturated heterocycles. The van der Waals surface area contributed by atoms with Gasteiger partial charge in [-0.3, -0.25) is 14.5 Å². The first-order valence-electron chi connectivity index (χ1n) is 10.1. The molecule has 0 radical (unpaired) electrons. The van der Waals surface area contributed by atoms with Crippen LogP contribution >= 0.6 is 0 Å². The van der Waals surface area contributed by atoms with Gasteiger partial charge in [-0.15, -0.1) is 0 Å². The molecule has 8 heteroatoms. The van der Waals surface area contributed by atoms with Crippen molar-refractivity contribution in [2.45, 2.75) is 25.9 Å². The molecule has 0 spiro atoms. The Bertz CT molecular complexity index is 1020. The van der Waals surface area contributed by atoms with E-state index in [2.05, 4.69) is 17.2 Å². The summed E-state index contributed by atoms with van der Waals surface area (Å²) in [5.41, 5.74) is 1.09. The molecule has 2 N–H and O–H groups in total. The molecule has 0 saturated carbocycles. The molecule has 1 fully saturated rings. The van der Waals surface area contributed by atoms with E-state index < -0.39 is 23.4 Å². The van der Waals surface area contributed by atoms with Crippen LogP contribution in [0.15, 0.2) is 60.7 Å². The fraction of sp³-hybridized carbons (Fsp3) is 0.292. The van der Waals surface area contributed by atoms with Crippen LogP contribution in [-0.4, -0.2) is 43.0 Å². The van der Waals surface area contributed by atoms with Gasteiger partial charge in [-0.05, 0) is 54.8 Å². The van der Waals surface area contributed by atoms with Crippen LogP contribution in [0.4, 0.5) is 4.79 Å². The van der Waals surface area contributed by atoms with Crippen molar-refractivity contribution < 1.29 is 23.9 Å². The number of benzene rings is 2. The van der Waals surface area contributed by atoms with Gasteiger partial charge in [0.15, 0.2) is 0 Å². The van der Waals surface area contributed by atoms with Gasteiger partial charge in [0, 0.05) is 6.54 Å². The van der Waals surface area contributed by atoms with E-state index >= 15 is 0 Å². The summed E-state index contributed by atoms with van der Waals surface area (Å²) in [6, 6.07) is 13.5. The summed E-state index contributed by atoms with van der Waals surface area (Å²) < 4.78 is 10.7. The molecule has 168 valence electrons. The second-order valence-electron chi connectivity index (χ2n) is 7.84. The van der Waals surface area contributed by atoms with Crippen molar-refractivity contribution in [2.75, 3.05) is 20.3 Å². The molecule has 1 aliphatic heterocycles. The largest absolute Gasteiger partial charge is 0.497 e. The molecule has 3 rings (SSSR count). The van der Waals surface area contributed by atoms with Crippen molar-refractivity contribution in [3.63, 3.8) is 0 Å². The van der Waals surface area contributed by atoms with Crippen molar-refractivity contribution in [3.05, 3.63) is 71.8 Å². The third kappa shape index (κ3) is 5.08. The van der Waals surface area contributed by atoms with E-state index in [1.807, 2.05) is 19.1 Å². The summed E-state index contributed by atoms with van der Waals surface area (Å²) >= 11 is 0. The highest BCUT2D eigenvalue weighted by molar-refractivity contribution is 6.09. The third-order valence-electron chi connectivity index (χ3n) is 5.14. The summed E-state index contributed by atoms with van der Waals surface area (Å²) in [7, 11) is 1.58. The minimum absolute atomic E-state index is 0.273. The van der Waals surface area contributed by atoms with Gasteiger partial charge < -0.3 is 20.1 Å². The lowest BCUT2D eigenvalue weighted by Crippen LogP contribution is -2.43. The van der Waals surface area contributed by atoms with Crippen LogP contribution in [0.3, 0.4) is 0 Å². The number of nitrogens with one attached hydrogen (secondary N) is 2. The maximum absolute atomic E-state index is 13.0. The number of ether oxygens (including phenoxy) is 2. The van der Waals surface area contributed by atoms with Crippen LogP contribution in [0.1, 0.15) is 25.0 Å². The Morgan fingerprint density at radius 2 is 1.72 bits per heavy atom. The predicted molar refractivity (Wildman–Crippen MR) is 119 cm³/mol. The number of hydrogen-bond acceptors (Lipinski definition) is 5. The fourth-order valence-electron chi connectivity index (χ4n) is 3.27. The highest BCUT2D eigenvalue weighted by Crippen LogP contribution is 2.30. The van der Waals surface area contributed by atoms with Crippen molar-refractivity contribution >= 4 is 17.8 Å². The van der Waals surface area contributed by atoms with E-state index in [1.165, 1.54) is 0 Å². The van der Waals surface area contributed by atoms with Crippen molar-refractivity contribution in [3.8, 4) is 11.5 Å². The summed E-state index contributed by atoms with van der Waals surface area (Å²) in [6.45, 7) is 7.57. The fourth-order valence-corrected chi connectivity index (χ4v) is 3.27. The second kappa shape index (κ2) is 9.55. The lowest BCUT2D eigenvalue weighted by Gasteiger charge is -2.22. The number of amides is 4. The molecular weight excluding hydrogens is 410 g/mol. The summed E-state index contributed by atoms with van der Waals surface area (Å²) in [6.07, 6.45) is 0. The number of carbonyl (C=O) groups excluding carboxylic acids is 3. The molecule has 0 aromatic heterocycles. The normalized spacial score (nSPS) is 17.7. The van der Waals surface area contributed by atoms with Crippen molar-refractivity contribution in [1.82, 2.24) is 15.5 Å². The first kappa shape index (κ1) is 22.9. The molecule has 1 aliphatic rings. The molecule has 8 nitrogen and oxygen atoms in total. The van der Waals surface area contributed by atoms with E-state index in [9.17, 15) is 14.4 Å². The average molecular weight is 437 g/mol. The molecule has 1 atom stereocenters. The van der Waals surface area contributed by atoms with E-state index in [0.717, 1.165) is 16.0 Å². The van der Waals surface area contributed by atoms with Crippen LogP contribution < -0.4 is 20.1 Å². The standard InChI is InChI=1S/C24H27N3O5/c1-16(2)15-32-20-11-7-18(8-12-20)24(3)22(29)27(23(30)26-24)14-21(28)25-13-17-5-9-19(31-4)10-6-17/h5-12H,1,13-15H2,2-4H3,(H,25,28)(H,26,30). The van der Waals surface area contributed by atoms with E-state index in [-0.39, 0.29) is 13.1 Å². The Kier molecular flexibility index (Phi) is 6.82. The Morgan fingerprint density at radius 3 is 2.31 bits per heavy atom. The zero-order valence-electron chi connectivity index (χ0n) is 18.4. The van der Waals surface area contributed by atoms with Crippen LogP contribution in [0.25, 0.3) is 0 Å². The number of carbonyl (C=O) groups is 3. The number of imide groups is 1. The number of hydrogen-bond donors (Lipinski definition) is 2. The summed E-state index contributed by atoms with van der Waals surface area (Å²) in [5, 5.41) is 5.42. The van der Waals surface area contributed by atoms with E-state index in [4.69, 9.17) is 9.47 Å². The molecule has 32 heavy (non-hydrogen) atoms. The van der Waals surface area contributed by atoms with Crippen molar-refractivity contribution in [1.29, 1.82) is 0 Å². The maximum atomic E-state index is 13.0. The van der Waals surface area contributed by atoms with Gasteiger partial charge in [-0.25, -0.2) is 4.79 Å².